The Bertz CT molecular complexity index is 432. The third-order valence-corrected chi connectivity index (χ3v) is 2.03. The van der Waals surface area contributed by atoms with Crippen molar-refractivity contribution in [2.45, 2.75) is 45.8 Å². The topological polar surface area (TPSA) is 81.4 Å². The van der Waals surface area contributed by atoms with Crippen molar-refractivity contribution in [2.75, 3.05) is 0 Å². The van der Waals surface area contributed by atoms with E-state index in [-0.39, 0.29) is 18.9 Å². The maximum absolute atomic E-state index is 11.5. The van der Waals surface area contributed by atoms with Crippen LogP contribution >= 0.6 is 0 Å². The van der Waals surface area contributed by atoms with Gasteiger partial charge in [0.25, 0.3) is 0 Å². The lowest BCUT2D eigenvalue weighted by Gasteiger charge is -2.19. The number of aromatic nitrogens is 2. The van der Waals surface area contributed by atoms with Crippen LogP contribution in [0.3, 0.4) is 0 Å². The number of carbonyl (C=O) groups is 2. The van der Waals surface area contributed by atoms with E-state index in [9.17, 15) is 9.59 Å². The van der Waals surface area contributed by atoms with Crippen molar-refractivity contribution >= 4 is 11.9 Å². The van der Waals surface area contributed by atoms with Crippen LogP contribution in [-0.4, -0.2) is 32.4 Å². The monoisotopic (exact) mass is 254 g/mol. The van der Waals surface area contributed by atoms with E-state index in [2.05, 4.69) is 5.10 Å². The molecule has 0 saturated heterocycles. The first-order chi connectivity index (χ1) is 8.26. The molecule has 0 fully saturated rings. The molecule has 100 valence electrons. The Morgan fingerprint density at radius 3 is 2.67 bits per heavy atom. The fourth-order valence-corrected chi connectivity index (χ4v) is 1.38. The van der Waals surface area contributed by atoms with Gasteiger partial charge in [0.15, 0.2) is 0 Å². The van der Waals surface area contributed by atoms with E-state index in [1.807, 2.05) is 0 Å². The number of esters is 1. The molecule has 0 bridgehead atoms. The molecule has 0 aliphatic carbocycles. The zero-order valence-electron chi connectivity index (χ0n) is 10.8. The standard InChI is InChI=1S/C12H18N2O4/c1-12(2,3)18-11(17)8-14-7-9(6-13-14)4-5-10(15)16/h6-7H,4-5,8H2,1-3H3,(H,15,16). The number of carbonyl (C=O) groups excluding carboxylic acids is 1. The van der Waals surface area contributed by atoms with Crippen LogP contribution in [0.4, 0.5) is 0 Å². The molecule has 0 amide bonds. The van der Waals surface area contributed by atoms with Crippen molar-refractivity contribution in [1.29, 1.82) is 0 Å². The number of aliphatic carboxylic acids is 1. The molecule has 0 spiro atoms. The third kappa shape index (κ3) is 5.47. The van der Waals surface area contributed by atoms with Gasteiger partial charge in [0.05, 0.1) is 6.20 Å². The minimum Gasteiger partial charge on any atom is -0.481 e. The van der Waals surface area contributed by atoms with Crippen LogP contribution < -0.4 is 0 Å². The number of rotatable bonds is 5. The highest BCUT2D eigenvalue weighted by Gasteiger charge is 2.16. The molecule has 6 nitrogen and oxygen atoms in total. The lowest BCUT2D eigenvalue weighted by Crippen LogP contribution is -2.26. The molecular formula is C12H18N2O4. The summed E-state index contributed by atoms with van der Waals surface area (Å²) < 4.78 is 6.60. The van der Waals surface area contributed by atoms with Gasteiger partial charge < -0.3 is 9.84 Å². The molecule has 0 aromatic carbocycles. The van der Waals surface area contributed by atoms with E-state index in [4.69, 9.17) is 9.84 Å². The highest BCUT2D eigenvalue weighted by Crippen LogP contribution is 2.08. The number of nitrogens with zero attached hydrogens (tertiary/aromatic N) is 2. The van der Waals surface area contributed by atoms with Crippen molar-refractivity contribution in [1.82, 2.24) is 9.78 Å². The summed E-state index contributed by atoms with van der Waals surface area (Å²) >= 11 is 0. The van der Waals surface area contributed by atoms with Crippen molar-refractivity contribution in [2.24, 2.45) is 0 Å². The van der Waals surface area contributed by atoms with Gasteiger partial charge in [0.2, 0.25) is 0 Å². The molecule has 0 radical (unpaired) electrons. The van der Waals surface area contributed by atoms with Crippen LogP contribution in [0.25, 0.3) is 0 Å². The molecule has 0 saturated carbocycles. The van der Waals surface area contributed by atoms with E-state index in [0.29, 0.717) is 6.42 Å². The molecule has 1 heterocycles. The van der Waals surface area contributed by atoms with Crippen LogP contribution in [0.2, 0.25) is 0 Å². The normalized spacial score (nSPS) is 11.3. The predicted octanol–water partition coefficient (Wildman–Crippen LogP) is 1.24. The maximum atomic E-state index is 11.5. The second-order valence-electron chi connectivity index (χ2n) is 5.03. The molecule has 1 aromatic rings. The molecule has 0 unspecified atom stereocenters. The number of hydrogen-bond donors (Lipinski definition) is 1. The maximum Gasteiger partial charge on any atom is 0.328 e. The van der Waals surface area contributed by atoms with Crippen molar-refractivity contribution < 1.29 is 19.4 Å². The Balaban J connectivity index is 2.48. The lowest BCUT2D eigenvalue weighted by molar-refractivity contribution is -0.155. The quantitative estimate of drug-likeness (QED) is 0.799. The number of hydrogen-bond acceptors (Lipinski definition) is 4. The van der Waals surface area contributed by atoms with Crippen LogP contribution in [0.15, 0.2) is 12.4 Å². The second kappa shape index (κ2) is 5.66. The van der Waals surface area contributed by atoms with E-state index in [1.54, 1.807) is 33.2 Å². The SMILES string of the molecule is CC(C)(C)OC(=O)Cn1cc(CCC(=O)O)cn1. The number of carboxylic acids is 1. The summed E-state index contributed by atoms with van der Waals surface area (Å²) in [7, 11) is 0. The van der Waals surface area contributed by atoms with Gasteiger partial charge in [-0.1, -0.05) is 0 Å². The van der Waals surface area contributed by atoms with Crippen molar-refractivity contribution in [3.05, 3.63) is 18.0 Å². The Kier molecular flexibility index (Phi) is 4.47. The zero-order chi connectivity index (χ0) is 13.8. The molecule has 18 heavy (non-hydrogen) atoms. The van der Waals surface area contributed by atoms with Gasteiger partial charge in [-0.05, 0) is 32.8 Å². The Labute approximate surface area is 106 Å². The third-order valence-electron chi connectivity index (χ3n) is 2.03. The molecule has 0 atom stereocenters. The average Bonchev–Trinajstić information content (AvgIpc) is 2.59. The molecule has 1 rings (SSSR count). The van der Waals surface area contributed by atoms with Gasteiger partial charge >= 0.3 is 11.9 Å². The summed E-state index contributed by atoms with van der Waals surface area (Å²) in [6.07, 6.45) is 3.68. The minimum atomic E-state index is -0.852. The van der Waals surface area contributed by atoms with Gasteiger partial charge in [-0.15, -0.1) is 0 Å². The molecule has 1 aromatic heterocycles. The average molecular weight is 254 g/mol. The minimum absolute atomic E-state index is 0.0321. The summed E-state index contributed by atoms with van der Waals surface area (Å²) in [5.74, 6) is -1.22. The van der Waals surface area contributed by atoms with Crippen LogP contribution in [0.5, 0.6) is 0 Å². The van der Waals surface area contributed by atoms with Crippen LogP contribution in [-0.2, 0) is 27.3 Å². The number of carboxylic acid groups (broad SMARTS) is 1. The van der Waals surface area contributed by atoms with Gasteiger partial charge in [-0.3, -0.25) is 14.3 Å². The summed E-state index contributed by atoms with van der Waals surface area (Å²) in [4.78, 5) is 21.9. The first-order valence-electron chi connectivity index (χ1n) is 5.71. The largest absolute Gasteiger partial charge is 0.481 e. The second-order valence-corrected chi connectivity index (χ2v) is 5.03. The predicted molar refractivity (Wildman–Crippen MR) is 64.0 cm³/mol. The Morgan fingerprint density at radius 1 is 1.44 bits per heavy atom. The van der Waals surface area contributed by atoms with Gasteiger partial charge in [-0.25, -0.2) is 0 Å². The fraction of sp³-hybridized carbons (Fsp3) is 0.583. The Morgan fingerprint density at radius 2 is 2.11 bits per heavy atom. The van der Waals surface area contributed by atoms with Gasteiger partial charge in [0.1, 0.15) is 12.1 Å². The lowest BCUT2D eigenvalue weighted by atomic mass is 10.2. The summed E-state index contributed by atoms with van der Waals surface area (Å²) in [5.41, 5.74) is 0.275. The van der Waals surface area contributed by atoms with E-state index < -0.39 is 11.6 Å². The molecular weight excluding hydrogens is 236 g/mol. The highest BCUT2D eigenvalue weighted by atomic mass is 16.6. The van der Waals surface area contributed by atoms with Crippen molar-refractivity contribution in [3.63, 3.8) is 0 Å². The molecule has 6 heteroatoms. The van der Waals surface area contributed by atoms with E-state index >= 15 is 0 Å². The first kappa shape index (κ1) is 14.2. The van der Waals surface area contributed by atoms with Gasteiger partial charge in [-0.2, -0.15) is 5.10 Å². The van der Waals surface area contributed by atoms with Gasteiger partial charge in [0, 0.05) is 12.6 Å². The van der Waals surface area contributed by atoms with E-state index in [0.717, 1.165) is 5.56 Å². The number of ether oxygens (including phenoxy) is 1. The van der Waals surface area contributed by atoms with E-state index in [1.165, 1.54) is 4.68 Å². The molecule has 0 aliphatic rings. The van der Waals surface area contributed by atoms with Crippen LogP contribution in [0.1, 0.15) is 32.8 Å². The molecule has 0 aliphatic heterocycles. The highest BCUT2D eigenvalue weighted by molar-refractivity contribution is 5.69. The summed E-state index contributed by atoms with van der Waals surface area (Å²) in [6, 6.07) is 0. The summed E-state index contributed by atoms with van der Waals surface area (Å²) in [6.45, 7) is 5.43. The fourth-order valence-electron chi connectivity index (χ4n) is 1.38. The number of aryl methyl sites for hydroxylation is 1. The van der Waals surface area contributed by atoms with Crippen molar-refractivity contribution in [3.8, 4) is 0 Å². The smallest absolute Gasteiger partial charge is 0.328 e. The van der Waals surface area contributed by atoms with Crippen LogP contribution in [0, 0.1) is 0 Å². The Hall–Kier alpha value is -1.85. The first-order valence-corrected chi connectivity index (χ1v) is 5.71. The molecule has 1 N–H and O–H groups in total. The summed E-state index contributed by atoms with van der Waals surface area (Å²) in [5, 5.41) is 12.5. The zero-order valence-corrected chi connectivity index (χ0v) is 10.8.